The lowest BCUT2D eigenvalue weighted by Crippen LogP contribution is -2.22. The Labute approximate surface area is 112 Å². The fourth-order valence-corrected chi connectivity index (χ4v) is 3.22. The van der Waals surface area contributed by atoms with Crippen LogP contribution in [-0.2, 0) is 4.74 Å². The number of ether oxygens (including phenoxy) is 1. The number of nitrogens with zero attached hydrogens (tertiary/aromatic N) is 1. The first kappa shape index (κ1) is 13.2. The largest absolute Gasteiger partial charge is 0.462 e. The van der Waals surface area contributed by atoms with E-state index in [0.29, 0.717) is 17.2 Å². The third-order valence-electron chi connectivity index (χ3n) is 3.13. The highest BCUT2D eigenvalue weighted by atomic mass is 32.1. The van der Waals surface area contributed by atoms with Crippen molar-refractivity contribution in [3.8, 4) is 0 Å². The van der Waals surface area contributed by atoms with E-state index in [-0.39, 0.29) is 5.97 Å². The van der Waals surface area contributed by atoms with Crippen LogP contribution in [0.5, 0.6) is 0 Å². The highest BCUT2D eigenvalue weighted by Gasteiger charge is 2.19. The maximum absolute atomic E-state index is 11.7. The van der Waals surface area contributed by atoms with Crippen LogP contribution in [0.4, 0.5) is 10.7 Å². The van der Waals surface area contributed by atoms with Gasteiger partial charge in [-0.1, -0.05) is 12.8 Å². The minimum Gasteiger partial charge on any atom is -0.462 e. The molecule has 1 aromatic rings. The van der Waals surface area contributed by atoms with E-state index in [1.807, 2.05) is 6.07 Å². The molecule has 0 aromatic carbocycles. The molecule has 1 aliphatic heterocycles. The minimum atomic E-state index is -0.305. The first-order chi connectivity index (χ1) is 8.72. The highest BCUT2D eigenvalue weighted by molar-refractivity contribution is 7.18. The average molecular weight is 268 g/mol. The van der Waals surface area contributed by atoms with Gasteiger partial charge in [-0.2, -0.15) is 0 Å². The molecule has 0 bridgehead atoms. The summed E-state index contributed by atoms with van der Waals surface area (Å²) >= 11 is 1.45. The third kappa shape index (κ3) is 2.96. The molecule has 0 atom stereocenters. The maximum atomic E-state index is 11.7. The van der Waals surface area contributed by atoms with Gasteiger partial charge < -0.3 is 15.4 Å². The van der Waals surface area contributed by atoms with Crippen LogP contribution in [0.1, 0.15) is 42.3 Å². The Balaban J connectivity index is 2.14. The molecule has 2 heterocycles. The quantitative estimate of drug-likeness (QED) is 0.856. The van der Waals surface area contributed by atoms with Gasteiger partial charge in [-0.15, -0.1) is 11.3 Å². The summed E-state index contributed by atoms with van der Waals surface area (Å²) in [7, 11) is 0. The summed E-state index contributed by atoms with van der Waals surface area (Å²) in [6.45, 7) is 4.30. The van der Waals surface area contributed by atoms with Crippen LogP contribution < -0.4 is 10.6 Å². The number of carbonyl (C=O) groups is 1. The van der Waals surface area contributed by atoms with Gasteiger partial charge in [-0.05, 0) is 25.8 Å². The number of esters is 1. The average Bonchev–Trinajstić information content (AvgIpc) is 2.58. The predicted molar refractivity (Wildman–Crippen MR) is 75.4 cm³/mol. The van der Waals surface area contributed by atoms with Crippen LogP contribution in [-0.4, -0.2) is 25.7 Å². The van der Waals surface area contributed by atoms with Crippen molar-refractivity contribution in [3.63, 3.8) is 0 Å². The van der Waals surface area contributed by atoms with Gasteiger partial charge in [0.25, 0.3) is 0 Å². The zero-order chi connectivity index (χ0) is 13.0. The molecule has 0 radical (unpaired) electrons. The van der Waals surface area contributed by atoms with Crippen LogP contribution in [0.2, 0.25) is 0 Å². The fourth-order valence-electron chi connectivity index (χ4n) is 2.19. The molecule has 0 amide bonds. The van der Waals surface area contributed by atoms with Crippen molar-refractivity contribution in [2.45, 2.75) is 32.6 Å². The van der Waals surface area contributed by atoms with Crippen LogP contribution >= 0.6 is 11.3 Å². The van der Waals surface area contributed by atoms with Gasteiger partial charge in [0.15, 0.2) is 0 Å². The number of nitrogens with two attached hydrogens (primary N) is 1. The summed E-state index contributed by atoms with van der Waals surface area (Å²) in [5.41, 5.74) is 6.44. The summed E-state index contributed by atoms with van der Waals surface area (Å²) in [5.74, 6) is -0.305. The Kier molecular flexibility index (Phi) is 4.47. The predicted octanol–water partition coefficient (Wildman–Crippen LogP) is 2.89. The SMILES string of the molecule is CCOC(=O)c1sc(N2CCCCCC2)cc1N. The van der Waals surface area contributed by atoms with Crippen LogP contribution in [0.25, 0.3) is 0 Å². The molecule has 2 N–H and O–H groups in total. The second-order valence-electron chi connectivity index (χ2n) is 4.49. The van der Waals surface area contributed by atoms with E-state index < -0.39 is 0 Å². The number of thiophene rings is 1. The molecule has 0 saturated carbocycles. The monoisotopic (exact) mass is 268 g/mol. The normalized spacial score (nSPS) is 16.4. The summed E-state index contributed by atoms with van der Waals surface area (Å²) in [6.07, 6.45) is 5.02. The van der Waals surface area contributed by atoms with Gasteiger partial charge in [0, 0.05) is 13.1 Å². The summed E-state index contributed by atoms with van der Waals surface area (Å²) < 4.78 is 5.01. The van der Waals surface area contributed by atoms with Crippen LogP contribution in [0.3, 0.4) is 0 Å². The van der Waals surface area contributed by atoms with Crippen molar-refractivity contribution in [2.24, 2.45) is 0 Å². The van der Waals surface area contributed by atoms with Crippen molar-refractivity contribution in [1.29, 1.82) is 0 Å². The van der Waals surface area contributed by atoms with E-state index in [0.717, 1.165) is 18.1 Å². The van der Waals surface area contributed by atoms with Crippen molar-refractivity contribution < 1.29 is 9.53 Å². The van der Waals surface area contributed by atoms with Gasteiger partial charge >= 0.3 is 5.97 Å². The molecule has 0 aliphatic carbocycles. The van der Waals surface area contributed by atoms with E-state index in [4.69, 9.17) is 10.5 Å². The second-order valence-corrected chi connectivity index (χ2v) is 5.52. The molecule has 0 spiro atoms. The van der Waals surface area contributed by atoms with Gasteiger partial charge in [0.05, 0.1) is 17.3 Å². The van der Waals surface area contributed by atoms with Gasteiger partial charge in [-0.3, -0.25) is 0 Å². The van der Waals surface area contributed by atoms with Gasteiger partial charge in [0.1, 0.15) is 4.88 Å². The molecule has 18 heavy (non-hydrogen) atoms. The smallest absolute Gasteiger partial charge is 0.350 e. The number of hydrogen-bond acceptors (Lipinski definition) is 5. The Hall–Kier alpha value is -1.23. The van der Waals surface area contributed by atoms with Crippen molar-refractivity contribution in [3.05, 3.63) is 10.9 Å². The Morgan fingerprint density at radius 1 is 1.39 bits per heavy atom. The molecule has 100 valence electrons. The van der Waals surface area contributed by atoms with Crippen molar-refractivity contribution >= 4 is 28.0 Å². The zero-order valence-corrected chi connectivity index (χ0v) is 11.6. The van der Waals surface area contributed by atoms with Crippen LogP contribution in [0, 0.1) is 0 Å². The van der Waals surface area contributed by atoms with Gasteiger partial charge in [0.2, 0.25) is 0 Å². The van der Waals surface area contributed by atoms with Gasteiger partial charge in [-0.25, -0.2) is 4.79 Å². The lowest BCUT2D eigenvalue weighted by atomic mass is 10.2. The van der Waals surface area contributed by atoms with E-state index in [2.05, 4.69) is 4.90 Å². The maximum Gasteiger partial charge on any atom is 0.350 e. The molecule has 5 heteroatoms. The standard InChI is InChI=1S/C13H20N2O2S/c1-2-17-13(16)12-10(14)9-11(18-12)15-7-5-3-4-6-8-15/h9H,2-8,14H2,1H3. The summed E-state index contributed by atoms with van der Waals surface area (Å²) in [5, 5.41) is 1.09. The number of anilines is 2. The zero-order valence-electron chi connectivity index (χ0n) is 10.8. The highest BCUT2D eigenvalue weighted by Crippen LogP contribution is 2.33. The second kappa shape index (κ2) is 6.09. The molecule has 1 aromatic heterocycles. The molecule has 4 nitrogen and oxygen atoms in total. The van der Waals surface area contributed by atoms with Crippen molar-refractivity contribution in [1.82, 2.24) is 0 Å². The first-order valence-electron chi connectivity index (χ1n) is 6.53. The molecule has 1 saturated heterocycles. The van der Waals surface area contributed by atoms with E-state index in [1.165, 1.54) is 37.0 Å². The minimum absolute atomic E-state index is 0.305. The lowest BCUT2D eigenvalue weighted by Gasteiger charge is -2.19. The number of carbonyl (C=O) groups excluding carboxylic acids is 1. The fraction of sp³-hybridized carbons (Fsp3) is 0.615. The number of rotatable bonds is 3. The van der Waals surface area contributed by atoms with E-state index >= 15 is 0 Å². The van der Waals surface area contributed by atoms with E-state index in [9.17, 15) is 4.79 Å². The Morgan fingerprint density at radius 2 is 2.06 bits per heavy atom. The Bertz CT molecular complexity index is 409. The summed E-state index contributed by atoms with van der Waals surface area (Å²) in [6, 6.07) is 1.90. The Morgan fingerprint density at radius 3 is 2.67 bits per heavy atom. The number of hydrogen-bond donors (Lipinski definition) is 1. The summed E-state index contributed by atoms with van der Waals surface area (Å²) in [4.78, 5) is 14.6. The molecule has 2 rings (SSSR count). The molecule has 0 unspecified atom stereocenters. The van der Waals surface area contributed by atoms with Crippen molar-refractivity contribution in [2.75, 3.05) is 30.3 Å². The van der Waals surface area contributed by atoms with Crippen LogP contribution in [0.15, 0.2) is 6.07 Å². The number of nitrogen functional groups attached to an aromatic ring is 1. The molecular weight excluding hydrogens is 248 g/mol. The molecular formula is C13H20N2O2S. The first-order valence-corrected chi connectivity index (χ1v) is 7.35. The molecule has 1 fully saturated rings. The molecule has 1 aliphatic rings. The topological polar surface area (TPSA) is 55.6 Å². The van der Waals surface area contributed by atoms with E-state index in [1.54, 1.807) is 6.92 Å². The lowest BCUT2D eigenvalue weighted by molar-refractivity contribution is 0.0533. The third-order valence-corrected chi connectivity index (χ3v) is 4.32.